The summed E-state index contributed by atoms with van der Waals surface area (Å²) in [5.41, 5.74) is 9.42. The van der Waals surface area contributed by atoms with E-state index in [2.05, 4.69) is 37.1 Å². The van der Waals surface area contributed by atoms with Gasteiger partial charge in [-0.1, -0.05) is 18.2 Å². The molecule has 0 saturated heterocycles. The van der Waals surface area contributed by atoms with Crippen LogP contribution in [0.15, 0.2) is 60.6 Å². The molecule has 0 aliphatic heterocycles. The number of nitrogens with two attached hydrogens (primary N) is 1. The van der Waals surface area contributed by atoms with Crippen molar-refractivity contribution in [1.29, 1.82) is 0 Å². The van der Waals surface area contributed by atoms with E-state index in [0.717, 1.165) is 18.0 Å². The van der Waals surface area contributed by atoms with Gasteiger partial charge in [0.1, 0.15) is 17.3 Å². The van der Waals surface area contributed by atoms with Crippen molar-refractivity contribution < 1.29 is 8.78 Å². The highest BCUT2D eigenvalue weighted by atomic mass is 35.5. The summed E-state index contributed by atoms with van der Waals surface area (Å²) in [4.78, 5) is 11.2. The number of benzene rings is 2. The van der Waals surface area contributed by atoms with E-state index in [4.69, 9.17) is 17.3 Å². The van der Waals surface area contributed by atoms with Crippen molar-refractivity contribution in [3.05, 3.63) is 83.5 Å². The van der Waals surface area contributed by atoms with Crippen LogP contribution in [-0.2, 0) is 0 Å². The second-order valence-electron chi connectivity index (χ2n) is 7.29. The molecule has 0 fully saturated rings. The molecular weight excluding hydrogens is 448 g/mol. The average molecular weight is 468 g/mol. The van der Waals surface area contributed by atoms with Gasteiger partial charge in [-0.15, -0.1) is 0 Å². The molecule has 2 heterocycles. The van der Waals surface area contributed by atoms with Crippen molar-refractivity contribution in [2.45, 2.75) is 13.0 Å². The van der Waals surface area contributed by atoms with Crippen molar-refractivity contribution in [2.75, 3.05) is 0 Å². The smallest absolute Gasteiger partial charge is 0.160 e. The molecule has 0 spiro atoms. The third-order valence-electron chi connectivity index (χ3n) is 5.06. The minimum atomic E-state index is -0.685. The molecule has 0 bridgehead atoms. The van der Waals surface area contributed by atoms with Crippen molar-refractivity contribution >= 4 is 29.5 Å². The number of aromatic nitrogens is 4. The van der Waals surface area contributed by atoms with E-state index in [0.29, 0.717) is 44.5 Å². The summed E-state index contributed by atoms with van der Waals surface area (Å²) in [7, 11) is 0. The molecule has 168 valence electrons. The Morgan fingerprint density at radius 2 is 1.97 bits per heavy atom. The topological polar surface area (TPSA) is 108 Å². The largest absolute Gasteiger partial charge is 0.390 e. The van der Waals surface area contributed by atoms with Crippen LogP contribution in [0.4, 0.5) is 14.6 Å². The van der Waals surface area contributed by atoms with E-state index in [1.54, 1.807) is 24.5 Å². The van der Waals surface area contributed by atoms with Gasteiger partial charge in [-0.25, -0.2) is 18.8 Å². The normalized spacial score (nSPS) is 12.2. The lowest BCUT2D eigenvalue weighted by molar-refractivity contribution is 0.584. The first-order valence-electron chi connectivity index (χ1n) is 9.90. The maximum atomic E-state index is 14.2. The first-order valence-corrected chi connectivity index (χ1v) is 10.3. The quantitative estimate of drug-likeness (QED) is 0.217. The Labute approximate surface area is 193 Å². The third-order valence-corrected chi connectivity index (χ3v) is 5.28. The monoisotopic (exact) mass is 467 g/mol. The standard InChI is InChI=1S/C23H20ClF2N7/c1-12(33-13(2)22-23(28-10-27)30-11-29-22)19-5-16(24)6-20(15-8-31-32-9-15)21(19)14-3-17(25)7-18(26)4-14/h3-12,33H,2H2,1H3,(H2,27,28)(H,29,30)(H,31,32). The second kappa shape index (κ2) is 9.25. The Morgan fingerprint density at radius 3 is 2.64 bits per heavy atom. The van der Waals surface area contributed by atoms with Crippen LogP contribution in [0.2, 0.25) is 5.02 Å². The molecule has 5 N–H and O–H groups in total. The van der Waals surface area contributed by atoms with Crippen molar-refractivity contribution in [1.82, 2.24) is 25.5 Å². The van der Waals surface area contributed by atoms with Gasteiger partial charge in [0.15, 0.2) is 5.82 Å². The SMILES string of the molecule is C=C(NC(C)c1cc(Cl)cc(-c2cn[nH]c2)c1-c1cc(F)cc(F)c1)c1nc[nH]c1/N=C\N. The van der Waals surface area contributed by atoms with Crippen LogP contribution in [-0.4, -0.2) is 26.5 Å². The van der Waals surface area contributed by atoms with Gasteiger partial charge >= 0.3 is 0 Å². The van der Waals surface area contributed by atoms with Gasteiger partial charge in [-0.3, -0.25) is 5.10 Å². The zero-order valence-corrected chi connectivity index (χ0v) is 18.3. The van der Waals surface area contributed by atoms with Crippen LogP contribution in [0.3, 0.4) is 0 Å². The van der Waals surface area contributed by atoms with Gasteiger partial charge in [0.2, 0.25) is 0 Å². The molecule has 0 aliphatic rings. The predicted molar refractivity (Wildman–Crippen MR) is 126 cm³/mol. The van der Waals surface area contributed by atoms with Crippen LogP contribution in [0.25, 0.3) is 28.0 Å². The zero-order chi connectivity index (χ0) is 23.5. The summed E-state index contributed by atoms with van der Waals surface area (Å²) in [6, 6.07) is 6.49. The van der Waals surface area contributed by atoms with Crippen molar-refractivity contribution in [3.8, 4) is 22.3 Å². The molecule has 2 aromatic carbocycles. The van der Waals surface area contributed by atoms with Crippen LogP contribution >= 0.6 is 11.6 Å². The number of aliphatic imine (C=N–C) groups is 1. The average Bonchev–Trinajstić information content (AvgIpc) is 3.45. The van der Waals surface area contributed by atoms with Crippen LogP contribution in [0.5, 0.6) is 0 Å². The minimum absolute atomic E-state index is 0.364. The van der Waals surface area contributed by atoms with E-state index in [1.165, 1.54) is 18.5 Å². The molecule has 33 heavy (non-hydrogen) atoms. The van der Waals surface area contributed by atoms with Gasteiger partial charge in [0.25, 0.3) is 0 Å². The van der Waals surface area contributed by atoms with E-state index < -0.39 is 11.6 Å². The van der Waals surface area contributed by atoms with Crippen LogP contribution in [0.1, 0.15) is 24.2 Å². The van der Waals surface area contributed by atoms with E-state index in [-0.39, 0.29) is 6.04 Å². The van der Waals surface area contributed by atoms with Crippen LogP contribution in [0, 0.1) is 11.6 Å². The summed E-state index contributed by atoms with van der Waals surface area (Å²) in [5, 5.41) is 10.5. The lowest BCUT2D eigenvalue weighted by atomic mass is 9.88. The first kappa shape index (κ1) is 22.2. The molecule has 7 nitrogen and oxygen atoms in total. The molecule has 2 aromatic heterocycles. The van der Waals surface area contributed by atoms with Crippen molar-refractivity contribution in [2.24, 2.45) is 10.7 Å². The molecule has 0 aliphatic carbocycles. The third kappa shape index (κ3) is 4.63. The Bertz CT molecular complexity index is 1310. The van der Waals surface area contributed by atoms with Crippen molar-refractivity contribution in [3.63, 3.8) is 0 Å². The molecule has 0 amide bonds. The molecule has 1 atom stereocenters. The Hall–Kier alpha value is -3.98. The maximum Gasteiger partial charge on any atom is 0.160 e. The lowest BCUT2D eigenvalue weighted by Gasteiger charge is -2.23. The molecular formula is C23H20ClF2N7. The predicted octanol–water partition coefficient (Wildman–Crippen LogP) is 5.34. The Kier molecular flexibility index (Phi) is 6.23. The highest BCUT2D eigenvalue weighted by Crippen LogP contribution is 2.40. The van der Waals surface area contributed by atoms with Gasteiger partial charge in [0.05, 0.1) is 24.6 Å². The lowest BCUT2D eigenvalue weighted by Crippen LogP contribution is -2.18. The van der Waals surface area contributed by atoms with Crippen LogP contribution < -0.4 is 11.1 Å². The summed E-state index contributed by atoms with van der Waals surface area (Å²) in [6.07, 6.45) is 5.93. The molecule has 4 rings (SSSR count). The number of H-pyrrole nitrogens is 2. The van der Waals surface area contributed by atoms with Gasteiger partial charge in [-0.2, -0.15) is 5.10 Å². The molecule has 1 unspecified atom stereocenters. The van der Waals surface area contributed by atoms with Gasteiger partial charge in [-0.05, 0) is 53.4 Å². The summed E-state index contributed by atoms with van der Waals surface area (Å²) < 4.78 is 28.3. The summed E-state index contributed by atoms with van der Waals surface area (Å²) in [6.45, 7) is 5.94. The maximum absolute atomic E-state index is 14.2. The first-order chi connectivity index (χ1) is 15.9. The molecule has 10 heteroatoms. The second-order valence-corrected chi connectivity index (χ2v) is 7.72. The number of hydrogen-bond acceptors (Lipinski definition) is 4. The molecule has 0 radical (unpaired) electrons. The minimum Gasteiger partial charge on any atom is -0.390 e. The fraction of sp³-hybridized carbons (Fsp3) is 0.0870. The fourth-order valence-electron chi connectivity index (χ4n) is 3.70. The zero-order valence-electron chi connectivity index (χ0n) is 17.5. The van der Waals surface area contributed by atoms with E-state index in [1.807, 2.05) is 6.92 Å². The van der Waals surface area contributed by atoms with E-state index in [9.17, 15) is 8.78 Å². The number of rotatable bonds is 7. The number of hydrogen-bond donors (Lipinski definition) is 4. The Morgan fingerprint density at radius 1 is 1.21 bits per heavy atom. The highest BCUT2D eigenvalue weighted by Gasteiger charge is 2.21. The number of aromatic amines is 2. The van der Waals surface area contributed by atoms with Gasteiger partial charge in [0, 0.05) is 28.9 Å². The number of halogens is 3. The number of imidazole rings is 1. The summed E-state index contributed by atoms with van der Waals surface area (Å²) >= 11 is 6.46. The van der Waals surface area contributed by atoms with E-state index >= 15 is 0 Å². The fourth-order valence-corrected chi connectivity index (χ4v) is 3.93. The highest BCUT2D eigenvalue weighted by molar-refractivity contribution is 6.31. The number of nitrogens with one attached hydrogen (secondary N) is 3. The molecule has 4 aromatic rings. The molecule has 0 saturated carbocycles. The number of nitrogens with zero attached hydrogens (tertiary/aromatic N) is 3. The Balaban J connectivity index is 1.83. The van der Waals surface area contributed by atoms with Gasteiger partial charge < -0.3 is 16.0 Å². The summed E-state index contributed by atoms with van der Waals surface area (Å²) in [5.74, 6) is -0.926.